The van der Waals surface area contributed by atoms with Gasteiger partial charge in [0.1, 0.15) is 12.3 Å². The molecule has 1 heterocycles. The Labute approximate surface area is 201 Å². The topological polar surface area (TPSA) is 78.4 Å². The Morgan fingerprint density at radius 3 is 2.60 bits per heavy atom. The van der Waals surface area contributed by atoms with Crippen molar-refractivity contribution >= 4 is 47.4 Å². The molecule has 0 radical (unpaired) electrons. The van der Waals surface area contributed by atoms with E-state index in [1.165, 1.54) is 4.90 Å². The molecule has 1 saturated heterocycles. The van der Waals surface area contributed by atoms with Crippen molar-refractivity contribution < 1.29 is 14.3 Å². The van der Waals surface area contributed by atoms with Crippen LogP contribution in [0.5, 0.6) is 5.75 Å². The maximum absolute atomic E-state index is 11.9. The third-order valence-corrected chi connectivity index (χ3v) is 4.99. The number of halogens is 2. The van der Waals surface area contributed by atoms with E-state index in [1.807, 2.05) is 18.2 Å². The molecule has 2 rings (SSSR count). The van der Waals surface area contributed by atoms with Crippen LogP contribution in [-0.2, 0) is 16.0 Å². The van der Waals surface area contributed by atoms with E-state index in [-0.39, 0.29) is 36.4 Å². The van der Waals surface area contributed by atoms with Crippen LogP contribution >= 0.6 is 35.6 Å². The normalized spacial score (nSPS) is 14.6. The predicted molar refractivity (Wildman–Crippen MR) is 131 cm³/mol. The summed E-state index contributed by atoms with van der Waals surface area (Å²) in [7, 11) is 5.07. The van der Waals surface area contributed by atoms with Crippen molar-refractivity contribution in [3.8, 4) is 5.75 Å². The van der Waals surface area contributed by atoms with E-state index in [0.717, 1.165) is 57.1 Å². The van der Waals surface area contributed by atoms with Gasteiger partial charge >= 0.3 is 0 Å². The Morgan fingerprint density at radius 1 is 1.27 bits per heavy atom. The maximum atomic E-state index is 11.9. The zero-order valence-electron chi connectivity index (χ0n) is 17.9. The molecule has 0 aliphatic carbocycles. The van der Waals surface area contributed by atoms with Gasteiger partial charge in [0.15, 0.2) is 5.96 Å². The molecule has 0 aromatic heterocycles. The highest BCUT2D eigenvalue weighted by Crippen LogP contribution is 2.22. The lowest BCUT2D eigenvalue weighted by molar-refractivity contribution is -0.127. The first kappa shape index (κ1) is 26.7. The van der Waals surface area contributed by atoms with Crippen LogP contribution in [0, 0.1) is 0 Å². The Hall–Kier alpha value is -1.30. The number of likely N-dealkylation sites (N-methyl/N-ethyl adjacent to an activating group) is 1. The van der Waals surface area contributed by atoms with Gasteiger partial charge in [-0.3, -0.25) is 9.69 Å². The zero-order valence-corrected chi connectivity index (χ0v) is 21.0. The predicted octanol–water partition coefficient (Wildman–Crippen LogP) is 1.46. The van der Waals surface area contributed by atoms with Gasteiger partial charge in [-0.25, -0.2) is 4.99 Å². The number of aliphatic imine (C=N–C) groups is 1. The van der Waals surface area contributed by atoms with Crippen molar-refractivity contribution in [3.63, 3.8) is 0 Å². The minimum absolute atomic E-state index is 0. The van der Waals surface area contributed by atoms with Gasteiger partial charge < -0.3 is 25.0 Å². The van der Waals surface area contributed by atoms with Gasteiger partial charge in [-0.15, -0.1) is 24.0 Å². The van der Waals surface area contributed by atoms with Crippen LogP contribution < -0.4 is 15.4 Å². The summed E-state index contributed by atoms with van der Waals surface area (Å²) < 4.78 is 10.6. The standard InChI is InChI=1S/C20H32ClN5O3.HI/c1-25(2)19(27)15-24-20(23-8-9-26-10-12-29-13-11-26)22-7-6-16-4-5-17(28-3)14-18(16)21;/h4-5,14H,6-13,15H2,1-3H3,(H2,22,23,24);1H. The number of carbonyl (C=O) groups is 1. The van der Waals surface area contributed by atoms with Gasteiger partial charge in [0, 0.05) is 51.8 Å². The second-order valence-corrected chi connectivity index (χ2v) is 7.38. The molecule has 8 nitrogen and oxygen atoms in total. The Balaban J connectivity index is 0.00000450. The first-order valence-corrected chi connectivity index (χ1v) is 10.2. The summed E-state index contributed by atoms with van der Waals surface area (Å²) in [6.45, 7) is 5.82. The molecule has 30 heavy (non-hydrogen) atoms. The Kier molecular flexibility index (Phi) is 13.1. The number of amides is 1. The highest BCUT2D eigenvalue weighted by molar-refractivity contribution is 14.0. The number of carbonyl (C=O) groups excluding carboxylic acids is 1. The molecule has 0 bridgehead atoms. The Morgan fingerprint density at radius 2 is 1.97 bits per heavy atom. The summed E-state index contributed by atoms with van der Waals surface area (Å²) in [6.07, 6.45) is 0.731. The van der Waals surface area contributed by atoms with Crippen molar-refractivity contribution in [2.24, 2.45) is 4.99 Å². The second kappa shape index (κ2) is 14.7. The highest BCUT2D eigenvalue weighted by atomic mass is 127. The maximum Gasteiger partial charge on any atom is 0.243 e. The van der Waals surface area contributed by atoms with Gasteiger partial charge in [-0.05, 0) is 24.1 Å². The molecule has 1 aromatic carbocycles. The highest BCUT2D eigenvalue weighted by Gasteiger charge is 2.10. The fraction of sp³-hybridized carbons (Fsp3) is 0.600. The summed E-state index contributed by atoms with van der Waals surface area (Å²) in [5.41, 5.74) is 1.03. The van der Waals surface area contributed by atoms with Gasteiger partial charge in [0.2, 0.25) is 5.91 Å². The van der Waals surface area contributed by atoms with Crippen molar-refractivity contribution in [2.75, 3.05) is 73.7 Å². The van der Waals surface area contributed by atoms with Crippen LogP contribution in [0.15, 0.2) is 23.2 Å². The zero-order chi connectivity index (χ0) is 21.1. The van der Waals surface area contributed by atoms with E-state index in [9.17, 15) is 4.79 Å². The SMILES string of the molecule is COc1ccc(CCNC(=NCC(=O)N(C)C)NCCN2CCOCC2)c(Cl)c1.I. The molecule has 0 spiro atoms. The second-order valence-electron chi connectivity index (χ2n) is 6.97. The number of morpholine rings is 1. The first-order valence-electron chi connectivity index (χ1n) is 9.84. The minimum atomic E-state index is -0.0440. The van der Waals surface area contributed by atoms with Crippen LogP contribution in [0.3, 0.4) is 0 Å². The van der Waals surface area contributed by atoms with Gasteiger partial charge in [0.25, 0.3) is 0 Å². The molecule has 2 N–H and O–H groups in total. The molecule has 0 saturated carbocycles. The fourth-order valence-corrected chi connectivity index (χ4v) is 3.06. The van der Waals surface area contributed by atoms with Crippen LogP contribution in [-0.4, -0.2) is 95.4 Å². The number of hydrogen-bond donors (Lipinski definition) is 2. The van der Waals surface area contributed by atoms with E-state index in [0.29, 0.717) is 17.5 Å². The van der Waals surface area contributed by atoms with Crippen LogP contribution in [0.1, 0.15) is 5.56 Å². The third-order valence-electron chi connectivity index (χ3n) is 4.64. The first-order chi connectivity index (χ1) is 14.0. The molecule has 1 aliphatic heterocycles. The largest absolute Gasteiger partial charge is 0.497 e. The van der Waals surface area contributed by atoms with Crippen LogP contribution in [0.4, 0.5) is 0 Å². The van der Waals surface area contributed by atoms with E-state index in [1.54, 1.807) is 21.2 Å². The third kappa shape index (κ3) is 9.67. The average Bonchev–Trinajstić information content (AvgIpc) is 2.73. The van der Waals surface area contributed by atoms with Crippen molar-refractivity contribution in [3.05, 3.63) is 28.8 Å². The molecule has 10 heteroatoms. The van der Waals surface area contributed by atoms with E-state index >= 15 is 0 Å². The van der Waals surface area contributed by atoms with Crippen molar-refractivity contribution in [1.29, 1.82) is 0 Å². The summed E-state index contributed by atoms with van der Waals surface area (Å²) in [5.74, 6) is 1.32. The summed E-state index contributed by atoms with van der Waals surface area (Å²) in [5, 5.41) is 7.28. The van der Waals surface area contributed by atoms with E-state index < -0.39 is 0 Å². The lowest BCUT2D eigenvalue weighted by Crippen LogP contribution is -2.45. The molecular formula is C20H33ClIN5O3. The monoisotopic (exact) mass is 553 g/mol. The summed E-state index contributed by atoms with van der Waals surface area (Å²) >= 11 is 6.31. The number of ether oxygens (including phenoxy) is 2. The van der Waals surface area contributed by atoms with Crippen molar-refractivity contribution in [1.82, 2.24) is 20.4 Å². The number of hydrogen-bond acceptors (Lipinski definition) is 5. The molecule has 1 fully saturated rings. The number of guanidine groups is 1. The Bertz CT molecular complexity index is 684. The lowest BCUT2D eigenvalue weighted by atomic mass is 10.1. The van der Waals surface area contributed by atoms with Gasteiger partial charge in [-0.1, -0.05) is 17.7 Å². The van der Waals surface area contributed by atoms with Crippen LogP contribution in [0.2, 0.25) is 5.02 Å². The average molecular weight is 554 g/mol. The van der Waals surface area contributed by atoms with E-state index in [2.05, 4.69) is 20.5 Å². The smallest absolute Gasteiger partial charge is 0.243 e. The molecule has 0 atom stereocenters. The van der Waals surface area contributed by atoms with Gasteiger partial charge in [0.05, 0.1) is 20.3 Å². The summed E-state index contributed by atoms with van der Waals surface area (Å²) in [6, 6.07) is 5.66. The summed E-state index contributed by atoms with van der Waals surface area (Å²) in [4.78, 5) is 20.2. The number of nitrogens with zero attached hydrogens (tertiary/aromatic N) is 3. The number of benzene rings is 1. The number of methoxy groups -OCH3 is 1. The molecule has 1 amide bonds. The number of rotatable bonds is 9. The van der Waals surface area contributed by atoms with Crippen LogP contribution in [0.25, 0.3) is 0 Å². The molecule has 1 aromatic rings. The lowest BCUT2D eigenvalue weighted by Gasteiger charge is -2.26. The molecular weight excluding hydrogens is 521 g/mol. The molecule has 170 valence electrons. The minimum Gasteiger partial charge on any atom is -0.497 e. The number of nitrogens with one attached hydrogen (secondary N) is 2. The van der Waals surface area contributed by atoms with E-state index in [4.69, 9.17) is 21.1 Å². The quantitative estimate of drug-likeness (QED) is 0.274. The van der Waals surface area contributed by atoms with Crippen molar-refractivity contribution in [2.45, 2.75) is 6.42 Å². The van der Waals surface area contributed by atoms with Gasteiger partial charge in [-0.2, -0.15) is 0 Å². The molecule has 1 aliphatic rings. The fourth-order valence-electron chi connectivity index (χ4n) is 2.79. The molecule has 0 unspecified atom stereocenters.